The molecule has 2 amide bonds. The van der Waals surface area contributed by atoms with Crippen LogP contribution in [0, 0.1) is 0 Å². The number of halogens is 4. The van der Waals surface area contributed by atoms with Gasteiger partial charge in [-0.1, -0.05) is 76.6 Å². The summed E-state index contributed by atoms with van der Waals surface area (Å²) in [6, 6.07) is 9.76. The Balaban J connectivity index is 1.82. The van der Waals surface area contributed by atoms with E-state index in [1.165, 1.54) is 4.90 Å². The zero-order chi connectivity index (χ0) is 24.0. The van der Waals surface area contributed by atoms with Gasteiger partial charge in [-0.25, -0.2) is 0 Å². The van der Waals surface area contributed by atoms with E-state index < -0.39 is 6.04 Å². The fraction of sp³-hybridized carbons (Fsp3) is 0.417. The van der Waals surface area contributed by atoms with Gasteiger partial charge in [0, 0.05) is 32.7 Å². The van der Waals surface area contributed by atoms with Crippen molar-refractivity contribution in [3.63, 3.8) is 0 Å². The number of nitrogens with one attached hydrogen (secondary N) is 1. The molecule has 2 aromatic carbocycles. The zero-order valence-corrected chi connectivity index (χ0v) is 22.1. The number of carbonyl (C=O) groups is 2. The van der Waals surface area contributed by atoms with E-state index in [-0.39, 0.29) is 31.0 Å². The van der Waals surface area contributed by atoms with Crippen molar-refractivity contribution in [3.05, 3.63) is 61.5 Å². The number of nitrogens with zero attached hydrogens (tertiary/aromatic N) is 1. The number of benzene rings is 2. The van der Waals surface area contributed by atoms with Crippen LogP contribution in [0.4, 0.5) is 0 Å². The van der Waals surface area contributed by atoms with Crippen molar-refractivity contribution in [2.24, 2.45) is 0 Å². The molecule has 0 saturated heterocycles. The predicted molar refractivity (Wildman–Crippen MR) is 136 cm³/mol. The molecule has 9 heteroatoms. The van der Waals surface area contributed by atoms with E-state index >= 15 is 0 Å². The van der Waals surface area contributed by atoms with Crippen LogP contribution in [0.5, 0.6) is 5.75 Å². The van der Waals surface area contributed by atoms with Crippen LogP contribution in [-0.4, -0.2) is 35.4 Å². The first kappa shape index (κ1) is 26.1. The zero-order valence-electron chi connectivity index (χ0n) is 18.3. The molecule has 178 valence electrons. The van der Waals surface area contributed by atoms with Crippen LogP contribution in [-0.2, 0) is 16.1 Å². The maximum Gasteiger partial charge on any atom is 0.261 e. The molecule has 0 heterocycles. The molecule has 0 bridgehead atoms. The van der Waals surface area contributed by atoms with E-state index in [0.717, 1.165) is 30.2 Å². The first-order valence-corrected chi connectivity index (χ1v) is 12.8. The molecule has 5 nitrogen and oxygen atoms in total. The molecule has 0 radical (unpaired) electrons. The van der Waals surface area contributed by atoms with E-state index in [2.05, 4.69) is 21.2 Å². The Hall–Kier alpha value is -1.47. The van der Waals surface area contributed by atoms with Crippen molar-refractivity contribution in [2.75, 3.05) is 6.61 Å². The Kier molecular flexibility index (Phi) is 9.74. The first-order chi connectivity index (χ1) is 15.8. The monoisotopic (exact) mass is 574 g/mol. The number of carbonyl (C=O) groups excluding carboxylic acids is 2. The van der Waals surface area contributed by atoms with E-state index in [4.69, 9.17) is 39.5 Å². The summed E-state index contributed by atoms with van der Waals surface area (Å²) in [6.07, 6.45) is 4.55. The Morgan fingerprint density at radius 3 is 2.39 bits per heavy atom. The van der Waals surface area contributed by atoms with Crippen LogP contribution in [0.25, 0.3) is 0 Å². The summed E-state index contributed by atoms with van der Waals surface area (Å²) in [4.78, 5) is 28.0. The summed E-state index contributed by atoms with van der Waals surface area (Å²) >= 11 is 22.3. The molecule has 1 atom stereocenters. The number of hydrogen-bond acceptors (Lipinski definition) is 3. The second-order valence-corrected chi connectivity index (χ2v) is 10.1. The highest BCUT2D eigenvalue weighted by Gasteiger charge is 2.31. The lowest BCUT2D eigenvalue weighted by atomic mass is 10.1. The highest BCUT2D eigenvalue weighted by atomic mass is 79.9. The van der Waals surface area contributed by atoms with Crippen LogP contribution in [0.3, 0.4) is 0 Å². The largest absolute Gasteiger partial charge is 0.482 e. The second kappa shape index (κ2) is 12.3. The van der Waals surface area contributed by atoms with Gasteiger partial charge in [0.05, 0.1) is 5.02 Å². The molecule has 3 rings (SSSR count). The van der Waals surface area contributed by atoms with Crippen LogP contribution in [0.1, 0.15) is 44.6 Å². The summed E-state index contributed by atoms with van der Waals surface area (Å²) in [5.74, 6) is -0.159. The Morgan fingerprint density at radius 2 is 1.79 bits per heavy atom. The lowest BCUT2D eigenvalue weighted by Crippen LogP contribution is -2.52. The van der Waals surface area contributed by atoms with Crippen molar-refractivity contribution in [2.45, 2.75) is 57.7 Å². The van der Waals surface area contributed by atoms with Gasteiger partial charge in [-0.2, -0.15) is 0 Å². The fourth-order valence-corrected chi connectivity index (χ4v) is 5.20. The van der Waals surface area contributed by atoms with Gasteiger partial charge in [-0.15, -0.1) is 0 Å². The highest BCUT2D eigenvalue weighted by molar-refractivity contribution is 9.10. The van der Waals surface area contributed by atoms with Crippen LogP contribution in [0.15, 0.2) is 40.9 Å². The number of amides is 2. The minimum atomic E-state index is -0.686. The molecular weight excluding hydrogens is 551 g/mol. The number of rotatable bonds is 9. The van der Waals surface area contributed by atoms with Crippen molar-refractivity contribution in [1.29, 1.82) is 0 Å². The quantitative estimate of drug-likeness (QED) is 0.364. The van der Waals surface area contributed by atoms with Gasteiger partial charge in [-0.05, 0) is 49.6 Å². The normalized spacial score (nSPS) is 14.7. The average Bonchev–Trinajstić information content (AvgIpc) is 3.27. The van der Waals surface area contributed by atoms with Gasteiger partial charge in [0.2, 0.25) is 5.91 Å². The Labute approximate surface area is 217 Å². The fourth-order valence-electron chi connectivity index (χ4n) is 3.96. The van der Waals surface area contributed by atoms with Crippen LogP contribution in [0.2, 0.25) is 15.1 Å². The van der Waals surface area contributed by atoms with Crippen LogP contribution >= 0.6 is 50.7 Å². The third kappa shape index (κ3) is 7.01. The molecule has 2 aromatic rings. The average molecular weight is 577 g/mol. The van der Waals surface area contributed by atoms with Gasteiger partial charge in [0.25, 0.3) is 5.91 Å². The summed E-state index contributed by atoms with van der Waals surface area (Å²) in [6.45, 7) is 1.68. The smallest absolute Gasteiger partial charge is 0.261 e. The van der Waals surface area contributed by atoms with E-state index in [9.17, 15) is 9.59 Å². The van der Waals surface area contributed by atoms with E-state index in [0.29, 0.717) is 32.8 Å². The second-order valence-electron chi connectivity index (χ2n) is 8.00. The number of hydrogen-bond donors (Lipinski definition) is 1. The molecule has 1 aliphatic carbocycles. The first-order valence-electron chi connectivity index (χ1n) is 10.9. The minimum absolute atomic E-state index is 0.0887. The standard InChI is InChI=1S/C24H26BrCl3N2O3/c1-2-21(24(32)29-16-6-3-4-7-16)30(13-17-18(26)8-5-9-19(17)27)23(31)14-33-22-11-10-15(25)12-20(22)28/h5,8-12,16,21H,2-4,6-7,13-14H2,1H3,(H,29,32). The third-order valence-electron chi connectivity index (χ3n) is 5.72. The lowest BCUT2D eigenvalue weighted by molar-refractivity contribution is -0.143. The van der Waals surface area contributed by atoms with Gasteiger partial charge in [-0.3, -0.25) is 9.59 Å². The molecular formula is C24H26BrCl3N2O3. The molecule has 0 aliphatic heterocycles. The molecule has 0 spiro atoms. The van der Waals surface area contributed by atoms with Gasteiger partial charge in [0.15, 0.2) is 6.61 Å². The van der Waals surface area contributed by atoms with Gasteiger partial charge in [0.1, 0.15) is 11.8 Å². The summed E-state index contributed by atoms with van der Waals surface area (Å²) < 4.78 is 6.50. The van der Waals surface area contributed by atoms with Crippen molar-refractivity contribution in [3.8, 4) is 5.75 Å². The topological polar surface area (TPSA) is 58.6 Å². The third-order valence-corrected chi connectivity index (χ3v) is 7.22. The maximum absolute atomic E-state index is 13.3. The van der Waals surface area contributed by atoms with Crippen LogP contribution < -0.4 is 10.1 Å². The summed E-state index contributed by atoms with van der Waals surface area (Å²) in [5, 5.41) is 4.35. The summed E-state index contributed by atoms with van der Waals surface area (Å²) in [5.41, 5.74) is 0.586. The minimum Gasteiger partial charge on any atom is -0.482 e. The molecule has 1 unspecified atom stereocenters. The Bertz CT molecular complexity index is 979. The molecule has 1 saturated carbocycles. The maximum atomic E-state index is 13.3. The molecule has 1 N–H and O–H groups in total. The SMILES string of the molecule is CCC(C(=O)NC1CCCC1)N(Cc1c(Cl)cccc1Cl)C(=O)COc1ccc(Br)cc1Cl. The van der Waals surface area contributed by atoms with Gasteiger partial charge < -0.3 is 15.0 Å². The van der Waals surface area contributed by atoms with Gasteiger partial charge >= 0.3 is 0 Å². The van der Waals surface area contributed by atoms with Crippen molar-refractivity contribution >= 4 is 62.5 Å². The summed E-state index contributed by atoms with van der Waals surface area (Å²) in [7, 11) is 0. The molecule has 1 fully saturated rings. The van der Waals surface area contributed by atoms with E-state index in [1.54, 1.807) is 36.4 Å². The number of ether oxygens (including phenoxy) is 1. The Morgan fingerprint density at radius 1 is 1.12 bits per heavy atom. The van der Waals surface area contributed by atoms with E-state index in [1.807, 2.05) is 6.92 Å². The predicted octanol–water partition coefficient (Wildman–Crippen LogP) is 6.65. The lowest BCUT2D eigenvalue weighted by Gasteiger charge is -2.32. The molecule has 33 heavy (non-hydrogen) atoms. The van der Waals surface area contributed by atoms with Crippen molar-refractivity contribution in [1.82, 2.24) is 10.2 Å². The molecule has 1 aliphatic rings. The highest BCUT2D eigenvalue weighted by Crippen LogP contribution is 2.29. The molecule has 0 aromatic heterocycles. The van der Waals surface area contributed by atoms with Crippen molar-refractivity contribution < 1.29 is 14.3 Å².